The standard InChI is InChI=1S/C12H24N2O2/c1-12(2,3)16-11(15)9-13-10-5-7-14(4)8-6-10/h10,13H,5-9H2,1-4H3. The highest BCUT2D eigenvalue weighted by Crippen LogP contribution is 2.09. The second-order valence-corrected chi connectivity index (χ2v) is 5.54. The lowest BCUT2D eigenvalue weighted by Gasteiger charge is -2.29. The molecule has 4 heteroatoms. The van der Waals surface area contributed by atoms with Crippen LogP contribution < -0.4 is 5.32 Å². The van der Waals surface area contributed by atoms with E-state index in [1.807, 2.05) is 20.8 Å². The molecule has 1 N–H and O–H groups in total. The highest BCUT2D eigenvalue weighted by atomic mass is 16.6. The first-order valence-corrected chi connectivity index (χ1v) is 6.00. The molecule has 0 aromatic rings. The second kappa shape index (κ2) is 5.64. The molecule has 1 aliphatic rings. The van der Waals surface area contributed by atoms with E-state index in [-0.39, 0.29) is 11.6 Å². The fourth-order valence-corrected chi connectivity index (χ4v) is 1.82. The molecular formula is C12H24N2O2. The average molecular weight is 228 g/mol. The molecule has 0 aromatic carbocycles. The Kier molecular flexibility index (Phi) is 4.74. The van der Waals surface area contributed by atoms with Gasteiger partial charge in [0.2, 0.25) is 0 Å². The van der Waals surface area contributed by atoms with Gasteiger partial charge in [-0.1, -0.05) is 0 Å². The normalized spacial score (nSPS) is 19.8. The molecule has 0 atom stereocenters. The fourth-order valence-electron chi connectivity index (χ4n) is 1.82. The van der Waals surface area contributed by atoms with Crippen molar-refractivity contribution >= 4 is 5.97 Å². The SMILES string of the molecule is CN1CCC(NCC(=O)OC(C)(C)C)CC1. The largest absolute Gasteiger partial charge is 0.459 e. The zero-order chi connectivity index (χ0) is 12.2. The van der Waals surface area contributed by atoms with Gasteiger partial charge in [0.1, 0.15) is 5.60 Å². The van der Waals surface area contributed by atoms with Gasteiger partial charge in [0.25, 0.3) is 0 Å². The van der Waals surface area contributed by atoms with Crippen molar-refractivity contribution in [1.82, 2.24) is 10.2 Å². The van der Waals surface area contributed by atoms with E-state index in [4.69, 9.17) is 4.74 Å². The van der Waals surface area contributed by atoms with E-state index in [1.165, 1.54) is 0 Å². The molecule has 0 unspecified atom stereocenters. The number of esters is 1. The molecular weight excluding hydrogens is 204 g/mol. The number of carbonyl (C=O) groups is 1. The summed E-state index contributed by atoms with van der Waals surface area (Å²) in [6, 6.07) is 0.462. The predicted octanol–water partition coefficient (Wildman–Crippen LogP) is 1.01. The number of ether oxygens (including phenoxy) is 1. The molecule has 0 aromatic heterocycles. The van der Waals surface area contributed by atoms with Crippen molar-refractivity contribution in [1.29, 1.82) is 0 Å². The molecule has 0 bridgehead atoms. The molecule has 0 spiro atoms. The van der Waals surface area contributed by atoms with Crippen LogP contribution in [-0.2, 0) is 9.53 Å². The first-order valence-electron chi connectivity index (χ1n) is 6.00. The van der Waals surface area contributed by atoms with Gasteiger partial charge in [0.05, 0.1) is 6.54 Å². The van der Waals surface area contributed by atoms with Gasteiger partial charge in [-0.15, -0.1) is 0 Å². The summed E-state index contributed by atoms with van der Waals surface area (Å²) in [6.07, 6.45) is 2.22. The van der Waals surface area contributed by atoms with Gasteiger partial charge >= 0.3 is 5.97 Å². The molecule has 1 fully saturated rings. The molecule has 1 heterocycles. The van der Waals surface area contributed by atoms with E-state index in [0.29, 0.717) is 12.6 Å². The van der Waals surface area contributed by atoms with Gasteiger partial charge in [-0.2, -0.15) is 0 Å². The average Bonchev–Trinajstić information content (AvgIpc) is 2.14. The highest BCUT2D eigenvalue weighted by Gasteiger charge is 2.19. The van der Waals surface area contributed by atoms with Crippen LogP contribution in [0.2, 0.25) is 0 Å². The maximum atomic E-state index is 11.5. The number of nitrogens with one attached hydrogen (secondary N) is 1. The van der Waals surface area contributed by atoms with Gasteiger partial charge in [0.15, 0.2) is 0 Å². The summed E-state index contributed by atoms with van der Waals surface area (Å²) in [7, 11) is 2.13. The summed E-state index contributed by atoms with van der Waals surface area (Å²) in [6.45, 7) is 8.20. The Morgan fingerprint density at radius 2 is 1.94 bits per heavy atom. The molecule has 0 radical (unpaired) electrons. The summed E-state index contributed by atoms with van der Waals surface area (Å²) >= 11 is 0. The van der Waals surface area contributed by atoms with E-state index in [1.54, 1.807) is 0 Å². The highest BCUT2D eigenvalue weighted by molar-refractivity contribution is 5.72. The van der Waals surface area contributed by atoms with Gasteiger partial charge < -0.3 is 15.0 Å². The number of piperidine rings is 1. The fraction of sp³-hybridized carbons (Fsp3) is 0.917. The second-order valence-electron chi connectivity index (χ2n) is 5.54. The number of hydrogen-bond acceptors (Lipinski definition) is 4. The van der Waals surface area contributed by atoms with Crippen molar-refractivity contribution in [2.24, 2.45) is 0 Å². The van der Waals surface area contributed by atoms with E-state index in [2.05, 4.69) is 17.3 Å². The number of nitrogens with zero attached hydrogens (tertiary/aromatic N) is 1. The van der Waals surface area contributed by atoms with Crippen LogP contribution in [0.1, 0.15) is 33.6 Å². The molecule has 0 amide bonds. The third-order valence-electron chi connectivity index (χ3n) is 2.67. The van der Waals surface area contributed by atoms with Crippen LogP contribution in [0.5, 0.6) is 0 Å². The quantitative estimate of drug-likeness (QED) is 0.732. The van der Waals surface area contributed by atoms with Crippen molar-refractivity contribution in [2.45, 2.75) is 45.3 Å². The summed E-state index contributed by atoms with van der Waals surface area (Å²) in [4.78, 5) is 13.8. The lowest BCUT2D eigenvalue weighted by atomic mass is 10.1. The third kappa shape index (κ3) is 5.47. The van der Waals surface area contributed by atoms with Crippen LogP contribution in [0.25, 0.3) is 0 Å². The maximum absolute atomic E-state index is 11.5. The number of rotatable bonds is 3. The Hall–Kier alpha value is -0.610. The van der Waals surface area contributed by atoms with Crippen LogP contribution in [0, 0.1) is 0 Å². The Labute approximate surface area is 98.3 Å². The van der Waals surface area contributed by atoms with Gasteiger partial charge in [-0.3, -0.25) is 4.79 Å². The minimum atomic E-state index is -0.383. The Bertz CT molecular complexity index is 228. The molecule has 94 valence electrons. The Morgan fingerprint density at radius 3 is 2.44 bits per heavy atom. The summed E-state index contributed by atoms with van der Waals surface area (Å²) < 4.78 is 5.24. The van der Waals surface area contributed by atoms with Crippen LogP contribution in [0.4, 0.5) is 0 Å². The van der Waals surface area contributed by atoms with Gasteiger partial charge in [0, 0.05) is 6.04 Å². The summed E-state index contributed by atoms with van der Waals surface area (Å²) in [5.74, 6) is -0.161. The van der Waals surface area contributed by atoms with Crippen molar-refractivity contribution in [3.63, 3.8) is 0 Å². The van der Waals surface area contributed by atoms with E-state index in [0.717, 1.165) is 25.9 Å². The number of hydrogen-bond donors (Lipinski definition) is 1. The molecule has 4 nitrogen and oxygen atoms in total. The van der Waals surface area contributed by atoms with E-state index in [9.17, 15) is 4.79 Å². The minimum absolute atomic E-state index is 0.161. The lowest BCUT2D eigenvalue weighted by molar-refractivity contribution is -0.153. The molecule has 16 heavy (non-hydrogen) atoms. The van der Waals surface area contributed by atoms with Crippen molar-refractivity contribution in [3.8, 4) is 0 Å². The zero-order valence-corrected chi connectivity index (χ0v) is 10.9. The maximum Gasteiger partial charge on any atom is 0.320 e. The van der Waals surface area contributed by atoms with Crippen molar-refractivity contribution in [2.75, 3.05) is 26.7 Å². The first kappa shape index (κ1) is 13.5. The Morgan fingerprint density at radius 1 is 1.38 bits per heavy atom. The minimum Gasteiger partial charge on any atom is -0.459 e. The smallest absolute Gasteiger partial charge is 0.320 e. The van der Waals surface area contributed by atoms with Crippen molar-refractivity contribution < 1.29 is 9.53 Å². The van der Waals surface area contributed by atoms with E-state index >= 15 is 0 Å². The molecule has 1 rings (SSSR count). The van der Waals surface area contributed by atoms with Crippen LogP contribution in [-0.4, -0.2) is 49.2 Å². The Balaban J connectivity index is 2.17. The third-order valence-corrected chi connectivity index (χ3v) is 2.67. The van der Waals surface area contributed by atoms with Crippen LogP contribution in [0.3, 0.4) is 0 Å². The summed E-state index contributed by atoms with van der Waals surface area (Å²) in [5, 5.41) is 3.26. The van der Waals surface area contributed by atoms with Gasteiger partial charge in [-0.25, -0.2) is 0 Å². The topological polar surface area (TPSA) is 41.6 Å². The first-order chi connectivity index (χ1) is 7.37. The molecule has 0 aliphatic carbocycles. The molecule has 1 aliphatic heterocycles. The predicted molar refractivity (Wildman–Crippen MR) is 64.4 cm³/mol. The molecule has 1 saturated heterocycles. The zero-order valence-electron chi connectivity index (χ0n) is 10.9. The summed E-state index contributed by atoms with van der Waals surface area (Å²) in [5.41, 5.74) is -0.383. The van der Waals surface area contributed by atoms with Crippen LogP contribution in [0.15, 0.2) is 0 Å². The van der Waals surface area contributed by atoms with Gasteiger partial charge in [-0.05, 0) is 53.8 Å². The van der Waals surface area contributed by atoms with Crippen LogP contribution >= 0.6 is 0 Å². The van der Waals surface area contributed by atoms with Crippen molar-refractivity contribution in [3.05, 3.63) is 0 Å². The number of likely N-dealkylation sites (tertiary alicyclic amines) is 1. The monoisotopic (exact) mass is 228 g/mol. The lowest BCUT2D eigenvalue weighted by Crippen LogP contribution is -2.43. The molecule has 0 saturated carbocycles. The number of carbonyl (C=O) groups excluding carboxylic acids is 1. The van der Waals surface area contributed by atoms with E-state index < -0.39 is 0 Å².